The Hall–Kier alpha value is -1.56. The maximum atomic E-state index is 4.90. The summed E-state index contributed by atoms with van der Waals surface area (Å²) in [6.07, 6.45) is 23.6. The minimum Gasteiger partial charge on any atom is -0.254 e. The normalized spacial score (nSPS) is 12.2. The zero-order valence-electron chi connectivity index (χ0n) is 30.6. The molecule has 0 heterocycles. The second kappa shape index (κ2) is 24.6. The van der Waals surface area contributed by atoms with E-state index in [1.54, 1.807) is 0 Å². The fraction of sp³-hybridized carbons (Fsp3) is 0.610. The van der Waals surface area contributed by atoms with Crippen LogP contribution in [-0.2, 0) is 32.5 Å². The summed E-state index contributed by atoms with van der Waals surface area (Å²) < 4.78 is 0. The number of hydrogen-bond acceptors (Lipinski definition) is 2. The molecule has 46 heavy (non-hydrogen) atoms. The molecular formula is C41H66N2PdSi2. The van der Waals surface area contributed by atoms with Crippen LogP contribution in [0.4, 0.5) is 11.4 Å². The molecule has 0 amide bonds. The molecule has 2 aromatic rings. The van der Waals surface area contributed by atoms with E-state index >= 15 is 0 Å². The minimum absolute atomic E-state index is 0. The monoisotopic (exact) mass is 748 g/mol. The van der Waals surface area contributed by atoms with Crippen molar-refractivity contribution in [3.8, 4) is 11.8 Å². The standard InChI is InChI=1S/C41H66N2Si2.Pd/c1-8-9-10-11-12-13-14-15-16-17-18-19-20-21-22-23-24-25-41(43-40-32-28-38(29-33-40)36-45(5,6)7)34-42-39-30-26-37(27-31-39)35-44(2,3)4;/h26-34H,8-23,35-36H2,1-7H3;/b42-34+,43-41+;. The van der Waals surface area contributed by atoms with Gasteiger partial charge in [0.1, 0.15) is 5.71 Å². The van der Waals surface area contributed by atoms with Crippen molar-refractivity contribution in [2.24, 2.45) is 9.98 Å². The first-order valence-corrected chi connectivity index (χ1v) is 25.7. The van der Waals surface area contributed by atoms with Crippen LogP contribution in [0.3, 0.4) is 0 Å². The first kappa shape index (κ1) is 42.5. The predicted molar refractivity (Wildman–Crippen MR) is 210 cm³/mol. The quantitative estimate of drug-likeness (QED) is 0.0496. The van der Waals surface area contributed by atoms with Crippen LogP contribution in [0.2, 0.25) is 39.3 Å². The third-order valence-corrected chi connectivity index (χ3v) is 11.0. The first-order chi connectivity index (χ1) is 21.5. The van der Waals surface area contributed by atoms with Crippen molar-refractivity contribution in [3.63, 3.8) is 0 Å². The zero-order chi connectivity index (χ0) is 32.8. The van der Waals surface area contributed by atoms with E-state index in [9.17, 15) is 0 Å². The SMILES string of the molecule is CCCCCCCCCCCCCCCCCC#CC(/C=N/c1ccc(C[Si](C)(C)C)cc1)=N\c1ccc(C[Si](C)(C)C)cc1.[Pd]. The van der Waals surface area contributed by atoms with Gasteiger partial charge in [0.25, 0.3) is 0 Å². The van der Waals surface area contributed by atoms with E-state index in [0.29, 0.717) is 0 Å². The first-order valence-electron chi connectivity index (χ1n) is 18.3. The molecule has 0 N–H and O–H groups in total. The van der Waals surface area contributed by atoms with E-state index in [0.717, 1.165) is 23.5 Å². The molecular weight excluding hydrogens is 683 g/mol. The summed E-state index contributed by atoms with van der Waals surface area (Å²) in [7, 11) is -2.27. The van der Waals surface area contributed by atoms with Crippen LogP contribution in [0.5, 0.6) is 0 Å². The largest absolute Gasteiger partial charge is 0.254 e. The van der Waals surface area contributed by atoms with Gasteiger partial charge in [0, 0.05) is 43.0 Å². The van der Waals surface area contributed by atoms with Crippen LogP contribution in [-0.4, -0.2) is 28.1 Å². The Morgan fingerprint density at radius 1 is 0.565 bits per heavy atom. The van der Waals surface area contributed by atoms with Gasteiger partial charge in [-0.15, -0.1) is 0 Å². The van der Waals surface area contributed by atoms with Gasteiger partial charge in [-0.25, -0.2) is 4.99 Å². The average Bonchev–Trinajstić information content (AvgIpc) is 2.97. The van der Waals surface area contributed by atoms with Gasteiger partial charge >= 0.3 is 0 Å². The zero-order valence-corrected chi connectivity index (χ0v) is 34.2. The Morgan fingerprint density at radius 2 is 0.957 bits per heavy atom. The maximum absolute atomic E-state index is 4.90. The molecule has 2 rings (SSSR count). The van der Waals surface area contributed by atoms with E-state index < -0.39 is 16.1 Å². The summed E-state index contributed by atoms with van der Waals surface area (Å²) in [4.78, 5) is 9.66. The number of benzene rings is 2. The molecule has 0 saturated heterocycles. The number of aliphatic imine (C=N–C) groups is 2. The van der Waals surface area contributed by atoms with Gasteiger partial charge in [-0.1, -0.05) is 177 Å². The van der Waals surface area contributed by atoms with Crippen molar-refractivity contribution in [2.45, 2.75) is 161 Å². The van der Waals surface area contributed by atoms with Gasteiger partial charge in [0.15, 0.2) is 0 Å². The van der Waals surface area contributed by atoms with E-state index in [-0.39, 0.29) is 20.4 Å². The summed E-state index contributed by atoms with van der Waals surface area (Å²) in [5.41, 5.74) is 5.45. The number of rotatable bonds is 22. The summed E-state index contributed by atoms with van der Waals surface area (Å²) >= 11 is 0. The smallest absolute Gasteiger partial charge is 0.132 e. The molecule has 0 saturated carbocycles. The molecule has 258 valence electrons. The van der Waals surface area contributed by atoms with Crippen LogP contribution in [0.15, 0.2) is 58.5 Å². The fourth-order valence-corrected chi connectivity index (χ4v) is 8.64. The Labute approximate surface area is 300 Å². The molecule has 2 aromatic carbocycles. The molecule has 2 nitrogen and oxygen atoms in total. The van der Waals surface area contributed by atoms with Crippen molar-refractivity contribution in [2.75, 3.05) is 0 Å². The third kappa shape index (κ3) is 22.9. The summed E-state index contributed by atoms with van der Waals surface area (Å²) in [5.74, 6) is 6.75. The number of unbranched alkanes of at least 4 members (excludes halogenated alkanes) is 15. The molecule has 0 atom stereocenters. The van der Waals surface area contributed by atoms with Crippen molar-refractivity contribution >= 4 is 39.4 Å². The van der Waals surface area contributed by atoms with Crippen LogP contribution < -0.4 is 0 Å². The molecule has 0 fully saturated rings. The van der Waals surface area contributed by atoms with Crippen molar-refractivity contribution in [1.29, 1.82) is 0 Å². The van der Waals surface area contributed by atoms with Gasteiger partial charge in [-0.2, -0.15) is 0 Å². The molecule has 0 aliphatic heterocycles. The van der Waals surface area contributed by atoms with E-state index in [1.807, 2.05) is 6.21 Å². The van der Waals surface area contributed by atoms with Crippen molar-refractivity contribution in [3.05, 3.63) is 59.7 Å². The van der Waals surface area contributed by atoms with Crippen LogP contribution >= 0.6 is 0 Å². The maximum Gasteiger partial charge on any atom is 0.132 e. The second-order valence-electron chi connectivity index (χ2n) is 15.6. The van der Waals surface area contributed by atoms with Gasteiger partial charge in [0.2, 0.25) is 0 Å². The van der Waals surface area contributed by atoms with Crippen molar-refractivity contribution in [1.82, 2.24) is 0 Å². The second-order valence-corrected chi connectivity index (χ2v) is 26.5. The Balaban J connectivity index is 0.0000106. The van der Waals surface area contributed by atoms with Gasteiger partial charge in [-0.05, 0) is 48.7 Å². The molecule has 0 radical (unpaired) electrons. The summed E-state index contributed by atoms with van der Waals surface area (Å²) in [6.45, 7) is 16.8. The van der Waals surface area contributed by atoms with Crippen LogP contribution in [0.1, 0.15) is 121 Å². The average molecular weight is 750 g/mol. The number of nitrogens with zero attached hydrogens (tertiary/aromatic N) is 2. The third-order valence-electron chi connectivity index (χ3n) is 8.05. The minimum atomic E-state index is -1.14. The Bertz CT molecular complexity index is 1180. The van der Waals surface area contributed by atoms with E-state index in [2.05, 4.69) is 107 Å². The van der Waals surface area contributed by atoms with E-state index in [1.165, 1.54) is 120 Å². The van der Waals surface area contributed by atoms with Gasteiger partial charge in [-0.3, -0.25) is 4.99 Å². The molecule has 0 unspecified atom stereocenters. The van der Waals surface area contributed by atoms with E-state index in [4.69, 9.17) is 9.98 Å². The molecule has 0 aliphatic carbocycles. The summed E-state index contributed by atoms with van der Waals surface area (Å²) in [5, 5.41) is 0. The number of hydrogen-bond donors (Lipinski definition) is 0. The Kier molecular flexibility index (Phi) is 22.7. The topological polar surface area (TPSA) is 24.7 Å². The molecule has 0 aromatic heterocycles. The summed E-state index contributed by atoms with van der Waals surface area (Å²) in [6, 6.07) is 19.8. The Morgan fingerprint density at radius 3 is 1.37 bits per heavy atom. The predicted octanol–water partition coefficient (Wildman–Crippen LogP) is 13.3. The molecule has 0 spiro atoms. The van der Waals surface area contributed by atoms with Crippen LogP contribution in [0, 0.1) is 11.8 Å². The van der Waals surface area contributed by atoms with Gasteiger partial charge < -0.3 is 0 Å². The molecule has 5 heteroatoms. The molecule has 0 aliphatic rings. The van der Waals surface area contributed by atoms with Gasteiger partial charge in [0.05, 0.1) is 17.6 Å². The molecule has 0 bridgehead atoms. The van der Waals surface area contributed by atoms with Crippen molar-refractivity contribution < 1.29 is 20.4 Å². The fourth-order valence-electron chi connectivity index (χ4n) is 5.71. The van der Waals surface area contributed by atoms with Crippen LogP contribution in [0.25, 0.3) is 0 Å².